The summed E-state index contributed by atoms with van der Waals surface area (Å²) in [4.78, 5) is 27.7. The third-order valence-electron chi connectivity index (χ3n) is 4.64. The van der Waals surface area contributed by atoms with Crippen LogP contribution in [0.3, 0.4) is 0 Å². The number of carbonyl (C=O) groups is 2. The molecule has 6 heteroatoms. The van der Waals surface area contributed by atoms with Gasteiger partial charge in [-0.1, -0.05) is 30.3 Å². The number of benzene rings is 1. The highest BCUT2D eigenvalue weighted by Crippen LogP contribution is 2.21. The van der Waals surface area contributed by atoms with Crippen molar-refractivity contribution in [3.8, 4) is 0 Å². The van der Waals surface area contributed by atoms with E-state index in [1.807, 2.05) is 33.4 Å². The predicted molar refractivity (Wildman–Crippen MR) is 100 cm³/mol. The normalized spacial score (nSPS) is 18.8. The first-order valence-corrected chi connectivity index (χ1v) is 9.83. The number of ether oxygens (including phenoxy) is 1. The number of thioether (sulfide) groups is 1. The van der Waals surface area contributed by atoms with Gasteiger partial charge in [-0.3, -0.25) is 4.79 Å². The molecule has 2 aliphatic rings. The minimum Gasteiger partial charge on any atom is -0.448 e. The van der Waals surface area contributed by atoms with Gasteiger partial charge in [-0.05, 0) is 29.9 Å². The second-order valence-electron chi connectivity index (χ2n) is 6.25. The summed E-state index contributed by atoms with van der Waals surface area (Å²) in [7, 11) is 0. The highest BCUT2D eigenvalue weighted by atomic mass is 32.2. The number of likely N-dealkylation sites (tertiary alicyclic amines) is 1. The van der Waals surface area contributed by atoms with Crippen molar-refractivity contribution in [1.29, 1.82) is 0 Å². The maximum absolute atomic E-state index is 12.3. The summed E-state index contributed by atoms with van der Waals surface area (Å²) in [5.41, 5.74) is 1.17. The van der Waals surface area contributed by atoms with Crippen molar-refractivity contribution in [3.05, 3.63) is 41.3 Å². The summed E-state index contributed by atoms with van der Waals surface area (Å²) in [5, 5.41) is 2.05. The first-order chi connectivity index (χ1) is 12.2. The van der Waals surface area contributed by atoms with Crippen LogP contribution in [0.5, 0.6) is 0 Å². The average molecular weight is 360 g/mol. The van der Waals surface area contributed by atoms with Gasteiger partial charge in [-0.25, -0.2) is 4.79 Å². The number of nitrogens with zero attached hydrogens (tertiary/aromatic N) is 2. The minimum absolute atomic E-state index is 0.202. The molecule has 1 aromatic rings. The second kappa shape index (κ2) is 8.94. The molecule has 0 radical (unpaired) electrons. The van der Waals surface area contributed by atoms with Gasteiger partial charge in [-0.2, -0.15) is 0 Å². The molecule has 0 spiro atoms. The van der Waals surface area contributed by atoms with E-state index in [2.05, 4.69) is 18.2 Å². The van der Waals surface area contributed by atoms with Crippen molar-refractivity contribution in [2.75, 3.05) is 32.0 Å². The molecule has 0 N–H and O–H groups in total. The van der Waals surface area contributed by atoms with Gasteiger partial charge in [0.05, 0.1) is 6.54 Å². The Kier molecular flexibility index (Phi) is 6.39. The number of hydrogen-bond acceptors (Lipinski definition) is 4. The second-order valence-corrected chi connectivity index (χ2v) is 7.27. The van der Waals surface area contributed by atoms with E-state index in [9.17, 15) is 9.59 Å². The van der Waals surface area contributed by atoms with E-state index in [-0.39, 0.29) is 18.0 Å². The SMILES string of the molecule is O=C(CCSC=Cc1ccccc1)N1CCC(N2CCOC2=O)CC1. The average Bonchev–Trinajstić information content (AvgIpc) is 3.08. The number of amides is 2. The van der Waals surface area contributed by atoms with Crippen LogP contribution in [0.4, 0.5) is 4.79 Å². The Morgan fingerprint density at radius 2 is 1.96 bits per heavy atom. The lowest BCUT2D eigenvalue weighted by molar-refractivity contribution is -0.132. The van der Waals surface area contributed by atoms with Gasteiger partial charge in [0.1, 0.15) is 6.61 Å². The maximum atomic E-state index is 12.3. The molecular formula is C19H24N2O3S. The molecule has 0 saturated carbocycles. The van der Waals surface area contributed by atoms with Gasteiger partial charge in [0.15, 0.2) is 0 Å². The van der Waals surface area contributed by atoms with Crippen molar-refractivity contribution in [3.63, 3.8) is 0 Å². The molecule has 2 amide bonds. The first-order valence-electron chi connectivity index (χ1n) is 8.78. The highest BCUT2D eigenvalue weighted by Gasteiger charge is 2.32. The van der Waals surface area contributed by atoms with Crippen molar-refractivity contribution in [2.45, 2.75) is 25.3 Å². The molecule has 0 bridgehead atoms. The largest absolute Gasteiger partial charge is 0.448 e. The molecular weight excluding hydrogens is 336 g/mol. The molecule has 0 aliphatic carbocycles. The molecule has 2 heterocycles. The van der Waals surface area contributed by atoms with E-state index in [0.717, 1.165) is 31.7 Å². The Hall–Kier alpha value is -1.95. The lowest BCUT2D eigenvalue weighted by atomic mass is 10.0. The summed E-state index contributed by atoms with van der Waals surface area (Å²) in [6, 6.07) is 10.4. The Labute approximate surface area is 153 Å². The fraction of sp³-hybridized carbons (Fsp3) is 0.474. The van der Waals surface area contributed by atoms with Crippen LogP contribution in [0.15, 0.2) is 35.7 Å². The zero-order valence-corrected chi connectivity index (χ0v) is 15.1. The number of hydrogen-bond donors (Lipinski definition) is 0. The summed E-state index contributed by atoms with van der Waals surface area (Å²) in [5.74, 6) is 1.00. The Balaban J connectivity index is 1.34. The third-order valence-corrected chi connectivity index (χ3v) is 5.41. The quantitative estimate of drug-likeness (QED) is 0.731. The first kappa shape index (κ1) is 17.9. The Morgan fingerprint density at radius 3 is 2.64 bits per heavy atom. The van der Waals surface area contributed by atoms with Gasteiger partial charge in [0.25, 0.3) is 0 Å². The third kappa shape index (κ3) is 5.01. The molecule has 2 fully saturated rings. The number of carbonyl (C=O) groups excluding carboxylic acids is 2. The van der Waals surface area contributed by atoms with Gasteiger partial charge in [0, 0.05) is 31.3 Å². The topological polar surface area (TPSA) is 49.9 Å². The maximum Gasteiger partial charge on any atom is 0.410 e. The molecule has 2 saturated heterocycles. The molecule has 0 aromatic heterocycles. The molecule has 2 aliphatic heterocycles. The van der Waals surface area contributed by atoms with Gasteiger partial charge >= 0.3 is 6.09 Å². The van der Waals surface area contributed by atoms with Crippen LogP contribution in [-0.4, -0.2) is 59.8 Å². The fourth-order valence-corrected chi connectivity index (χ4v) is 3.91. The van der Waals surface area contributed by atoms with Crippen LogP contribution >= 0.6 is 11.8 Å². The monoisotopic (exact) mass is 360 g/mol. The smallest absolute Gasteiger partial charge is 0.410 e. The lowest BCUT2D eigenvalue weighted by Gasteiger charge is -2.35. The molecule has 1 aromatic carbocycles. The van der Waals surface area contributed by atoms with E-state index in [1.54, 1.807) is 11.8 Å². The van der Waals surface area contributed by atoms with E-state index >= 15 is 0 Å². The van der Waals surface area contributed by atoms with E-state index in [0.29, 0.717) is 19.6 Å². The van der Waals surface area contributed by atoms with Crippen LogP contribution < -0.4 is 0 Å². The Bertz CT molecular complexity index is 612. The van der Waals surface area contributed by atoms with Crippen LogP contribution in [0.1, 0.15) is 24.8 Å². The van der Waals surface area contributed by atoms with Crippen LogP contribution in [0.2, 0.25) is 0 Å². The minimum atomic E-state index is -0.202. The van der Waals surface area contributed by atoms with Gasteiger partial charge < -0.3 is 14.5 Å². The zero-order chi connectivity index (χ0) is 17.5. The number of cyclic esters (lactones) is 1. The summed E-state index contributed by atoms with van der Waals surface area (Å²) < 4.78 is 5.00. The standard InChI is InChI=1S/C19H24N2O3S/c22-18(9-15-25-14-8-16-4-2-1-3-5-16)20-10-6-17(7-11-20)21-12-13-24-19(21)23/h1-5,8,14,17H,6-7,9-13,15H2. The van der Waals surface area contributed by atoms with Crippen LogP contribution in [-0.2, 0) is 9.53 Å². The van der Waals surface area contributed by atoms with Crippen molar-refractivity contribution >= 4 is 29.8 Å². The van der Waals surface area contributed by atoms with E-state index < -0.39 is 0 Å². The van der Waals surface area contributed by atoms with Crippen LogP contribution in [0, 0.1) is 0 Å². The molecule has 25 heavy (non-hydrogen) atoms. The molecule has 3 rings (SSSR count). The molecule has 134 valence electrons. The highest BCUT2D eigenvalue weighted by molar-refractivity contribution is 8.02. The molecule has 0 atom stereocenters. The zero-order valence-electron chi connectivity index (χ0n) is 14.3. The summed E-state index contributed by atoms with van der Waals surface area (Å²) in [6.45, 7) is 2.64. The molecule has 0 unspecified atom stereocenters. The summed E-state index contributed by atoms with van der Waals surface area (Å²) in [6.07, 6.45) is 4.12. The van der Waals surface area contributed by atoms with E-state index in [1.165, 1.54) is 5.56 Å². The van der Waals surface area contributed by atoms with Crippen molar-refractivity contribution < 1.29 is 14.3 Å². The van der Waals surface area contributed by atoms with Crippen molar-refractivity contribution in [2.24, 2.45) is 0 Å². The van der Waals surface area contributed by atoms with Crippen molar-refractivity contribution in [1.82, 2.24) is 9.80 Å². The lowest BCUT2D eigenvalue weighted by Crippen LogP contribution is -2.47. The van der Waals surface area contributed by atoms with Crippen LogP contribution in [0.25, 0.3) is 6.08 Å². The van der Waals surface area contributed by atoms with Gasteiger partial charge in [-0.15, -0.1) is 11.8 Å². The van der Waals surface area contributed by atoms with E-state index in [4.69, 9.17) is 4.74 Å². The Morgan fingerprint density at radius 1 is 1.20 bits per heavy atom. The van der Waals surface area contributed by atoms with Gasteiger partial charge in [0.2, 0.25) is 5.91 Å². The number of rotatable bonds is 6. The fourth-order valence-electron chi connectivity index (χ4n) is 3.23. The number of piperidine rings is 1. The predicted octanol–water partition coefficient (Wildman–Crippen LogP) is 3.22. The summed E-state index contributed by atoms with van der Waals surface area (Å²) >= 11 is 1.66. The molecule has 5 nitrogen and oxygen atoms in total.